The van der Waals surface area contributed by atoms with Crippen LogP contribution < -0.4 is 9.47 Å². The Labute approximate surface area is 124 Å². The van der Waals surface area contributed by atoms with Crippen molar-refractivity contribution in [3.8, 4) is 22.8 Å². The molecule has 0 unspecified atom stereocenters. The summed E-state index contributed by atoms with van der Waals surface area (Å²) in [6, 6.07) is 11.8. The van der Waals surface area contributed by atoms with E-state index in [1.165, 1.54) is 0 Å². The van der Waals surface area contributed by atoms with Gasteiger partial charge >= 0.3 is 0 Å². The minimum atomic E-state index is 0.622. The lowest BCUT2D eigenvalue weighted by Gasteiger charge is -2.07. The van der Waals surface area contributed by atoms with Crippen molar-refractivity contribution in [2.24, 2.45) is 0 Å². The lowest BCUT2D eigenvalue weighted by molar-refractivity contribution is 0.341. The second kappa shape index (κ2) is 5.87. The summed E-state index contributed by atoms with van der Waals surface area (Å²) in [7, 11) is 0. The van der Waals surface area contributed by atoms with Gasteiger partial charge in [0.05, 0.1) is 18.9 Å². The van der Waals surface area contributed by atoms with E-state index in [9.17, 15) is 0 Å². The summed E-state index contributed by atoms with van der Waals surface area (Å²) >= 11 is 0. The smallest absolute Gasteiger partial charge is 0.180 e. The molecule has 0 radical (unpaired) electrons. The van der Waals surface area contributed by atoms with Crippen LogP contribution in [0.1, 0.15) is 13.8 Å². The molecule has 3 aromatic rings. The number of hydrogen-bond acceptors (Lipinski definition) is 3. The van der Waals surface area contributed by atoms with Crippen LogP contribution in [0.4, 0.5) is 0 Å². The number of aromatic nitrogens is 2. The van der Waals surface area contributed by atoms with Crippen molar-refractivity contribution in [2.45, 2.75) is 13.8 Å². The fourth-order valence-electron chi connectivity index (χ4n) is 2.34. The van der Waals surface area contributed by atoms with E-state index >= 15 is 0 Å². The molecule has 0 fully saturated rings. The van der Waals surface area contributed by atoms with Gasteiger partial charge in [-0.3, -0.25) is 0 Å². The van der Waals surface area contributed by atoms with Gasteiger partial charge in [0.25, 0.3) is 0 Å². The van der Waals surface area contributed by atoms with Gasteiger partial charge in [-0.05, 0) is 38.1 Å². The van der Waals surface area contributed by atoms with E-state index in [-0.39, 0.29) is 0 Å². The molecule has 1 aromatic carbocycles. The van der Waals surface area contributed by atoms with Crippen molar-refractivity contribution in [3.05, 3.63) is 48.8 Å². The molecular weight excluding hydrogens is 264 g/mol. The zero-order valence-electron chi connectivity index (χ0n) is 12.2. The molecule has 2 heterocycles. The molecule has 108 valence electrons. The molecule has 2 aromatic heterocycles. The summed E-state index contributed by atoms with van der Waals surface area (Å²) in [6.07, 6.45) is 3.97. The predicted molar refractivity (Wildman–Crippen MR) is 83.0 cm³/mol. The van der Waals surface area contributed by atoms with Gasteiger partial charge in [0, 0.05) is 18.0 Å². The number of nitrogens with zero attached hydrogens (tertiary/aromatic N) is 2. The maximum Gasteiger partial charge on any atom is 0.180 e. The maximum absolute atomic E-state index is 5.68. The second-order valence-corrected chi connectivity index (χ2v) is 4.59. The lowest BCUT2D eigenvalue weighted by Crippen LogP contribution is -1.94. The van der Waals surface area contributed by atoms with Crippen molar-refractivity contribution >= 4 is 5.65 Å². The number of ether oxygens (including phenoxy) is 2. The van der Waals surface area contributed by atoms with E-state index in [2.05, 4.69) is 0 Å². The fourth-order valence-corrected chi connectivity index (χ4v) is 2.34. The normalized spacial score (nSPS) is 10.8. The van der Waals surface area contributed by atoms with Crippen molar-refractivity contribution in [1.29, 1.82) is 0 Å². The SMILES string of the molecule is CCOc1ccccc1-c1cn2cccc(OCC)c2n1. The molecule has 4 heteroatoms. The number of hydrogen-bond donors (Lipinski definition) is 0. The van der Waals surface area contributed by atoms with E-state index in [1.807, 2.05) is 67.0 Å². The number of rotatable bonds is 5. The molecule has 0 aliphatic heterocycles. The highest BCUT2D eigenvalue weighted by Crippen LogP contribution is 2.31. The fraction of sp³-hybridized carbons (Fsp3) is 0.235. The van der Waals surface area contributed by atoms with Gasteiger partial charge in [-0.1, -0.05) is 12.1 Å². The minimum absolute atomic E-state index is 0.622. The van der Waals surface area contributed by atoms with Crippen molar-refractivity contribution in [1.82, 2.24) is 9.38 Å². The largest absolute Gasteiger partial charge is 0.493 e. The standard InChI is InChI=1S/C17H18N2O2/c1-3-20-15-9-6-5-8-13(15)14-12-19-11-7-10-16(21-4-2)17(19)18-14/h5-12H,3-4H2,1-2H3. The van der Waals surface area contributed by atoms with Gasteiger partial charge < -0.3 is 13.9 Å². The highest BCUT2D eigenvalue weighted by Gasteiger charge is 2.12. The zero-order chi connectivity index (χ0) is 14.7. The predicted octanol–water partition coefficient (Wildman–Crippen LogP) is 3.80. The number of imidazole rings is 1. The Kier molecular flexibility index (Phi) is 3.77. The summed E-state index contributed by atoms with van der Waals surface area (Å²) < 4.78 is 13.3. The molecule has 0 saturated heterocycles. The van der Waals surface area contributed by atoms with Gasteiger partial charge in [0.15, 0.2) is 11.4 Å². The number of pyridine rings is 1. The van der Waals surface area contributed by atoms with E-state index < -0.39 is 0 Å². The summed E-state index contributed by atoms with van der Waals surface area (Å²) in [6.45, 7) is 5.21. The number of fused-ring (bicyclic) bond motifs is 1. The Bertz CT molecular complexity index is 749. The maximum atomic E-state index is 5.68. The topological polar surface area (TPSA) is 35.8 Å². The van der Waals surface area contributed by atoms with Crippen molar-refractivity contribution < 1.29 is 9.47 Å². The molecule has 0 atom stereocenters. The van der Waals surface area contributed by atoms with Crippen molar-refractivity contribution in [2.75, 3.05) is 13.2 Å². The van der Waals surface area contributed by atoms with E-state index in [0.29, 0.717) is 13.2 Å². The van der Waals surface area contributed by atoms with Crippen LogP contribution in [0.2, 0.25) is 0 Å². The first-order valence-electron chi connectivity index (χ1n) is 7.16. The third-order valence-electron chi connectivity index (χ3n) is 3.21. The van der Waals surface area contributed by atoms with Gasteiger partial charge in [-0.25, -0.2) is 4.98 Å². The van der Waals surface area contributed by atoms with Crippen LogP contribution in [0.25, 0.3) is 16.9 Å². The van der Waals surface area contributed by atoms with Crippen LogP contribution in [0, 0.1) is 0 Å². The first-order valence-corrected chi connectivity index (χ1v) is 7.16. The van der Waals surface area contributed by atoms with Crippen LogP contribution in [0.15, 0.2) is 48.8 Å². The Hall–Kier alpha value is -2.49. The minimum Gasteiger partial charge on any atom is -0.493 e. The van der Waals surface area contributed by atoms with Crippen LogP contribution in [0.5, 0.6) is 11.5 Å². The summed E-state index contributed by atoms with van der Waals surface area (Å²) in [4.78, 5) is 4.70. The average molecular weight is 282 g/mol. The molecule has 0 spiro atoms. The Morgan fingerprint density at radius 3 is 2.48 bits per heavy atom. The van der Waals surface area contributed by atoms with E-state index in [1.54, 1.807) is 0 Å². The Balaban J connectivity index is 2.11. The highest BCUT2D eigenvalue weighted by atomic mass is 16.5. The van der Waals surface area contributed by atoms with Crippen LogP contribution in [-0.4, -0.2) is 22.6 Å². The van der Waals surface area contributed by atoms with Gasteiger partial charge in [-0.15, -0.1) is 0 Å². The molecule has 3 rings (SSSR count). The zero-order valence-corrected chi connectivity index (χ0v) is 12.2. The van der Waals surface area contributed by atoms with E-state index in [0.717, 1.165) is 28.4 Å². The molecule has 4 nitrogen and oxygen atoms in total. The Morgan fingerprint density at radius 2 is 1.67 bits per heavy atom. The van der Waals surface area contributed by atoms with E-state index in [4.69, 9.17) is 14.5 Å². The van der Waals surface area contributed by atoms with Crippen molar-refractivity contribution in [3.63, 3.8) is 0 Å². The van der Waals surface area contributed by atoms with Gasteiger partial charge in [-0.2, -0.15) is 0 Å². The molecular formula is C17H18N2O2. The van der Waals surface area contributed by atoms with Gasteiger partial charge in [0.2, 0.25) is 0 Å². The van der Waals surface area contributed by atoms with Crippen LogP contribution in [-0.2, 0) is 0 Å². The molecule has 0 amide bonds. The highest BCUT2D eigenvalue weighted by molar-refractivity contribution is 5.70. The molecule has 0 aliphatic rings. The second-order valence-electron chi connectivity index (χ2n) is 4.59. The first-order chi connectivity index (χ1) is 10.3. The molecule has 0 N–H and O–H groups in total. The molecule has 0 aliphatic carbocycles. The molecule has 0 saturated carbocycles. The van der Waals surface area contributed by atoms with Crippen LogP contribution >= 0.6 is 0 Å². The number of benzene rings is 1. The lowest BCUT2D eigenvalue weighted by atomic mass is 10.1. The molecule has 21 heavy (non-hydrogen) atoms. The Morgan fingerprint density at radius 1 is 0.952 bits per heavy atom. The van der Waals surface area contributed by atoms with Gasteiger partial charge in [0.1, 0.15) is 5.75 Å². The first kappa shape index (κ1) is 13.5. The molecule has 0 bridgehead atoms. The third kappa shape index (κ3) is 2.57. The average Bonchev–Trinajstić information content (AvgIpc) is 2.93. The quantitative estimate of drug-likeness (QED) is 0.714. The number of para-hydroxylation sites is 1. The summed E-state index contributed by atoms with van der Waals surface area (Å²) in [5, 5.41) is 0. The summed E-state index contributed by atoms with van der Waals surface area (Å²) in [5.41, 5.74) is 2.69. The van der Waals surface area contributed by atoms with Crippen LogP contribution in [0.3, 0.4) is 0 Å². The summed E-state index contributed by atoms with van der Waals surface area (Å²) in [5.74, 6) is 1.64. The monoisotopic (exact) mass is 282 g/mol. The third-order valence-corrected chi connectivity index (χ3v) is 3.21.